The van der Waals surface area contributed by atoms with Gasteiger partial charge >= 0.3 is 5.97 Å². The van der Waals surface area contributed by atoms with Crippen LogP contribution in [0.25, 0.3) is 0 Å². The average molecular weight is 404 g/mol. The molecular weight excluding hydrogens is 378 g/mol. The van der Waals surface area contributed by atoms with Crippen molar-refractivity contribution in [2.45, 2.75) is 56.6 Å². The molecule has 1 heterocycles. The minimum absolute atomic E-state index is 0.178. The summed E-state index contributed by atoms with van der Waals surface area (Å²) < 4.78 is 5.27. The zero-order chi connectivity index (χ0) is 19.4. The maximum absolute atomic E-state index is 13.0. The second-order valence-corrected chi connectivity index (χ2v) is 9.48. The third-order valence-electron chi connectivity index (χ3n) is 4.37. The molecule has 0 aliphatic heterocycles. The van der Waals surface area contributed by atoms with Crippen molar-refractivity contribution < 1.29 is 14.3 Å². The van der Waals surface area contributed by atoms with E-state index in [1.54, 1.807) is 18.7 Å². The largest absolute Gasteiger partial charge is 0.462 e. The summed E-state index contributed by atoms with van der Waals surface area (Å²) in [5.41, 5.74) is 2.25. The van der Waals surface area contributed by atoms with Crippen LogP contribution in [0.5, 0.6) is 0 Å². The van der Waals surface area contributed by atoms with Crippen LogP contribution in [0.4, 0.5) is 5.00 Å². The molecule has 0 atom stereocenters. The zero-order valence-electron chi connectivity index (χ0n) is 16.0. The summed E-state index contributed by atoms with van der Waals surface area (Å²) in [4.78, 5) is 27.7. The first kappa shape index (κ1) is 20.0. The van der Waals surface area contributed by atoms with Crippen molar-refractivity contribution in [3.63, 3.8) is 0 Å². The molecule has 1 N–H and O–H groups in total. The molecule has 0 saturated heterocycles. The van der Waals surface area contributed by atoms with Gasteiger partial charge in [0.05, 0.1) is 17.7 Å². The highest BCUT2D eigenvalue weighted by Gasteiger charge is 2.27. The van der Waals surface area contributed by atoms with Crippen molar-refractivity contribution in [1.29, 1.82) is 0 Å². The number of thioether (sulfide) groups is 1. The first-order valence-corrected chi connectivity index (χ1v) is 11.1. The van der Waals surface area contributed by atoms with Crippen LogP contribution in [-0.2, 0) is 17.6 Å². The van der Waals surface area contributed by atoms with Crippen molar-refractivity contribution in [3.8, 4) is 0 Å². The molecule has 3 rings (SSSR count). The molecule has 4 nitrogen and oxygen atoms in total. The van der Waals surface area contributed by atoms with Crippen LogP contribution in [0.1, 0.15) is 64.8 Å². The summed E-state index contributed by atoms with van der Waals surface area (Å²) in [7, 11) is 0. The Morgan fingerprint density at radius 3 is 2.70 bits per heavy atom. The first-order valence-electron chi connectivity index (χ1n) is 9.40. The quantitative estimate of drug-likeness (QED) is 0.507. The average Bonchev–Trinajstić information content (AvgIpc) is 2.99. The van der Waals surface area contributed by atoms with E-state index in [4.69, 9.17) is 4.74 Å². The lowest BCUT2D eigenvalue weighted by Gasteiger charge is -2.13. The maximum atomic E-state index is 13.0. The Morgan fingerprint density at radius 1 is 1.22 bits per heavy atom. The maximum Gasteiger partial charge on any atom is 0.341 e. The number of hydrogen-bond acceptors (Lipinski definition) is 5. The number of ether oxygens (including phenoxy) is 1. The van der Waals surface area contributed by atoms with E-state index in [0.717, 1.165) is 36.1 Å². The van der Waals surface area contributed by atoms with Gasteiger partial charge in [-0.25, -0.2) is 4.79 Å². The number of carbonyl (C=O) groups excluding carboxylic acids is 2. The normalized spacial score (nSPS) is 13.3. The van der Waals surface area contributed by atoms with Crippen LogP contribution < -0.4 is 5.32 Å². The van der Waals surface area contributed by atoms with Gasteiger partial charge in [0.25, 0.3) is 5.91 Å². The van der Waals surface area contributed by atoms with Gasteiger partial charge in [-0.1, -0.05) is 26.0 Å². The Hall–Kier alpha value is -1.79. The van der Waals surface area contributed by atoms with E-state index in [1.807, 2.05) is 24.3 Å². The van der Waals surface area contributed by atoms with Crippen molar-refractivity contribution in [3.05, 3.63) is 45.8 Å². The van der Waals surface area contributed by atoms with Gasteiger partial charge in [-0.05, 0) is 50.3 Å². The second kappa shape index (κ2) is 8.93. The van der Waals surface area contributed by atoms with E-state index in [1.165, 1.54) is 16.2 Å². The number of hydrogen-bond donors (Lipinski definition) is 1. The Kier molecular flexibility index (Phi) is 6.60. The van der Waals surface area contributed by atoms with E-state index >= 15 is 0 Å². The van der Waals surface area contributed by atoms with Gasteiger partial charge in [0.15, 0.2) is 0 Å². The van der Waals surface area contributed by atoms with Crippen molar-refractivity contribution in [1.82, 2.24) is 0 Å². The minimum atomic E-state index is -0.336. The summed E-state index contributed by atoms with van der Waals surface area (Å²) in [5.74, 6) is -0.514. The van der Waals surface area contributed by atoms with Crippen molar-refractivity contribution >= 4 is 40.0 Å². The SMILES string of the molecule is CCOC(=O)c1c(NC(=O)c2ccccc2SC(C)C)sc2c1CCCC2. The standard InChI is InChI=1S/C21H25NO3S2/c1-4-25-21(24)18-14-9-5-7-11-16(14)27-20(18)22-19(23)15-10-6-8-12-17(15)26-13(2)3/h6,8,10,12-13H,4-5,7,9,11H2,1-3H3,(H,22,23). The number of amides is 1. The molecule has 0 fully saturated rings. The Balaban J connectivity index is 1.93. The molecular formula is C21H25NO3S2. The summed E-state index contributed by atoms with van der Waals surface area (Å²) in [6, 6.07) is 7.60. The number of esters is 1. The van der Waals surface area contributed by atoms with Gasteiger partial charge < -0.3 is 10.1 Å². The third kappa shape index (κ3) is 4.55. The molecule has 27 heavy (non-hydrogen) atoms. The number of carbonyl (C=O) groups is 2. The molecule has 2 aromatic rings. The van der Waals surface area contributed by atoms with E-state index < -0.39 is 0 Å². The van der Waals surface area contributed by atoms with Gasteiger partial charge in [-0.3, -0.25) is 4.79 Å². The second-order valence-electron chi connectivity index (χ2n) is 6.75. The molecule has 0 unspecified atom stereocenters. The summed E-state index contributed by atoms with van der Waals surface area (Å²) in [5, 5.41) is 4.00. The summed E-state index contributed by atoms with van der Waals surface area (Å²) in [6.07, 6.45) is 4.02. The smallest absolute Gasteiger partial charge is 0.341 e. The molecule has 1 aromatic carbocycles. The summed E-state index contributed by atoms with van der Waals surface area (Å²) >= 11 is 3.18. The highest BCUT2D eigenvalue weighted by Crippen LogP contribution is 2.39. The van der Waals surface area contributed by atoms with E-state index in [9.17, 15) is 9.59 Å². The topological polar surface area (TPSA) is 55.4 Å². The number of aryl methyl sites for hydroxylation is 1. The van der Waals surface area contributed by atoms with Gasteiger partial charge in [0.1, 0.15) is 5.00 Å². The Labute approximate surface area is 168 Å². The Morgan fingerprint density at radius 2 is 1.96 bits per heavy atom. The van der Waals surface area contributed by atoms with Crippen LogP contribution in [0, 0.1) is 0 Å². The number of anilines is 1. The van der Waals surface area contributed by atoms with E-state index in [-0.39, 0.29) is 11.9 Å². The fourth-order valence-electron chi connectivity index (χ4n) is 3.25. The molecule has 144 valence electrons. The van der Waals surface area contributed by atoms with Crippen LogP contribution in [0.15, 0.2) is 29.2 Å². The lowest BCUT2D eigenvalue weighted by atomic mass is 9.95. The van der Waals surface area contributed by atoms with Crippen LogP contribution in [-0.4, -0.2) is 23.7 Å². The minimum Gasteiger partial charge on any atom is -0.462 e. The molecule has 1 aromatic heterocycles. The third-order valence-corrected chi connectivity index (χ3v) is 6.66. The van der Waals surface area contributed by atoms with Gasteiger partial charge in [0.2, 0.25) is 0 Å². The van der Waals surface area contributed by atoms with E-state index in [0.29, 0.717) is 28.0 Å². The lowest BCUT2D eigenvalue weighted by molar-refractivity contribution is 0.0526. The van der Waals surface area contributed by atoms with Gasteiger partial charge in [0, 0.05) is 15.0 Å². The molecule has 0 bridgehead atoms. The molecule has 1 aliphatic rings. The van der Waals surface area contributed by atoms with Crippen molar-refractivity contribution in [2.24, 2.45) is 0 Å². The zero-order valence-corrected chi connectivity index (χ0v) is 17.6. The molecule has 0 radical (unpaired) electrons. The van der Waals surface area contributed by atoms with Crippen LogP contribution >= 0.6 is 23.1 Å². The van der Waals surface area contributed by atoms with Crippen molar-refractivity contribution in [2.75, 3.05) is 11.9 Å². The number of fused-ring (bicyclic) bond motifs is 1. The first-order chi connectivity index (χ1) is 13.0. The molecule has 0 spiro atoms. The predicted molar refractivity (Wildman–Crippen MR) is 112 cm³/mol. The number of thiophene rings is 1. The summed E-state index contributed by atoms with van der Waals surface area (Å²) in [6.45, 7) is 6.33. The predicted octanol–water partition coefficient (Wildman–Crippen LogP) is 5.56. The molecule has 0 saturated carbocycles. The Bertz CT molecular complexity index is 842. The number of rotatable bonds is 6. The highest BCUT2D eigenvalue weighted by molar-refractivity contribution is 8.00. The van der Waals surface area contributed by atoms with Crippen LogP contribution in [0.3, 0.4) is 0 Å². The van der Waals surface area contributed by atoms with Gasteiger partial charge in [-0.15, -0.1) is 23.1 Å². The fraction of sp³-hybridized carbons (Fsp3) is 0.429. The molecule has 6 heteroatoms. The molecule has 1 aliphatic carbocycles. The van der Waals surface area contributed by atoms with Crippen LogP contribution in [0.2, 0.25) is 0 Å². The highest BCUT2D eigenvalue weighted by atomic mass is 32.2. The number of benzene rings is 1. The monoisotopic (exact) mass is 403 g/mol. The van der Waals surface area contributed by atoms with Gasteiger partial charge in [-0.2, -0.15) is 0 Å². The van der Waals surface area contributed by atoms with E-state index in [2.05, 4.69) is 19.2 Å². The molecule has 1 amide bonds. The lowest BCUT2D eigenvalue weighted by Crippen LogP contribution is -2.16. The fourth-order valence-corrected chi connectivity index (χ4v) is 5.48. The number of nitrogens with one attached hydrogen (secondary N) is 1.